The Morgan fingerprint density at radius 2 is 1.81 bits per heavy atom. The summed E-state index contributed by atoms with van der Waals surface area (Å²) in [4.78, 5) is 26.8. The Bertz CT molecular complexity index is 1120. The van der Waals surface area contributed by atoms with E-state index in [-0.39, 0.29) is 54.1 Å². The molecule has 2 atom stereocenters. The van der Waals surface area contributed by atoms with Gasteiger partial charge in [0, 0.05) is 43.9 Å². The molecule has 170 valence electrons. The fraction of sp³-hybridized carbons (Fsp3) is 0.391. The van der Waals surface area contributed by atoms with Crippen molar-refractivity contribution in [3.05, 3.63) is 65.2 Å². The molecule has 8 nitrogen and oxygen atoms in total. The van der Waals surface area contributed by atoms with Gasteiger partial charge in [-0.05, 0) is 43.7 Å². The Balaban J connectivity index is 1.38. The van der Waals surface area contributed by atoms with Gasteiger partial charge in [-0.1, -0.05) is 24.3 Å². The molecule has 0 saturated carbocycles. The molecule has 1 saturated heterocycles. The maximum atomic E-state index is 13.1. The van der Waals surface area contributed by atoms with Gasteiger partial charge in [-0.25, -0.2) is 8.42 Å². The van der Waals surface area contributed by atoms with Crippen LogP contribution < -0.4 is 5.32 Å². The third-order valence-electron chi connectivity index (χ3n) is 5.68. The minimum Gasteiger partial charge on any atom is -0.373 e. The molecule has 9 heteroatoms. The second kappa shape index (κ2) is 9.01. The Morgan fingerprint density at radius 1 is 1.09 bits per heavy atom. The lowest BCUT2D eigenvalue weighted by Crippen LogP contribution is -2.48. The Morgan fingerprint density at radius 3 is 2.53 bits per heavy atom. The molecule has 2 heterocycles. The smallest absolute Gasteiger partial charge is 0.254 e. The molecule has 0 aromatic heterocycles. The number of rotatable bonds is 6. The summed E-state index contributed by atoms with van der Waals surface area (Å²) in [5.41, 5.74) is 1.94. The number of amides is 2. The van der Waals surface area contributed by atoms with Crippen LogP contribution in [0, 0.1) is 0 Å². The highest BCUT2D eigenvalue weighted by Crippen LogP contribution is 2.23. The quantitative estimate of drug-likeness (QED) is 0.715. The van der Waals surface area contributed by atoms with Crippen LogP contribution in [0.25, 0.3) is 0 Å². The lowest BCUT2D eigenvalue weighted by molar-refractivity contribution is -0.0440. The van der Waals surface area contributed by atoms with E-state index in [1.807, 2.05) is 32.0 Å². The fourth-order valence-electron chi connectivity index (χ4n) is 4.18. The summed E-state index contributed by atoms with van der Waals surface area (Å²) >= 11 is 0. The van der Waals surface area contributed by atoms with Crippen LogP contribution >= 0.6 is 0 Å². The summed E-state index contributed by atoms with van der Waals surface area (Å²) in [5, 5.41) is 2.78. The molecule has 2 unspecified atom stereocenters. The highest BCUT2D eigenvalue weighted by Gasteiger charge is 2.32. The van der Waals surface area contributed by atoms with Crippen molar-refractivity contribution in [2.45, 2.75) is 37.5 Å². The first-order valence-corrected chi connectivity index (χ1v) is 12.1. The van der Waals surface area contributed by atoms with Gasteiger partial charge in [0.25, 0.3) is 11.8 Å². The number of morpholine rings is 1. The van der Waals surface area contributed by atoms with Gasteiger partial charge in [0.15, 0.2) is 0 Å². The number of fused-ring (bicyclic) bond motifs is 1. The van der Waals surface area contributed by atoms with Crippen LogP contribution in [0.1, 0.15) is 40.1 Å². The highest BCUT2D eigenvalue weighted by atomic mass is 32.2. The number of sulfonamides is 1. The molecule has 2 amide bonds. The zero-order valence-electron chi connectivity index (χ0n) is 18.2. The van der Waals surface area contributed by atoms with Gasteiger partial charge >= 0.3 is 0 Å². The lowest BCUT2D eigenvalue weighted by atomic mass is 10.1. The third kappa shape index (κ3) is 4.55. The number of nitrogens with zero attached hydrogens (tertiary/aromatic N) is 2. The van der Waals surface area contributed by atoms with E-state index >= 15 is 0 Å². The van der Waals surface area contributed by atoms with Gasteiger partial charge < -0.3 is 15.0 Å². The molecular weight excluding hydrogens is 430 g/mol. The van der Waals surface area contributed by atoms with Crippen molar-refractivity contribution in [1.82, 2.24) is 14.5 Å². The fourth-order valence-corrected chi connectivity index (χ4v) is 5.81. The molecule has 2 aromatic carbocycles. The number of hydrogen-bond donors (Lipinski definition) is 1. The SMILES string of the molecule is CC1CN(S(=O)(=O)c2cccc(C(=O)NCCN3Cc4ccccc4C3=O)c2)CC(C)O1. The first kappa shape index (κ1) is 22.4. The van der Waals surface area contributed by atoms with Crippen molar-refractivity contribution in [2.24, 2.45) is 0 Å². The molecule has 4 rings (SSSR count). The van der Waals surface area contributed by atoms with E-state index < -0.39 is 10.0 Å². The Labute approximate surface area is 188 Å². The molecule has 0 aliphatic carbocycles. The van der Waals surface area contributed by atoms with Crippen molar-refractivity contribution in [3.63, 3.8) is 0 Å². The Kier molecular flexibility index (Phi) is 6.32. The predicted octanol–water partition coefficient (Wildman–Crippen LogP) is 1.87. The van der Waals surface area contributed by atoms with E-state index in [9.17, 15) is 18.0 Å². The van der Waals surface area contributed by atoms with Gasteiger partial charge in [0.2, 0.25) is 10.0 Å². The summed E-state index contributed by atoms with van der Waals surface area (Å²) in [6.45, 7) is 5.39. The van der Waals surface area contributed by atoms with Crippen LogP contribution in [-0.4, -0.2) is 67.8 Å². The summed E-state index contributed by atoms with van der Waals surface area (Å²) in [7, 11) is -3.73. The first-order valence-electron chi connectivity index (χ1n) is 10.7. The van der Waals surface area contributed by atoms with E-state index in [1.165, 1.54) is 16.4 Å². The van der Waals surface area contributed by atoms with Crippen molar-refractivity contribution in [2.75, 3.05) is 26.2 Å². The maximum Gasteiger partial charge on any atom is 0.254 e. The molecule has 0 radical (unpaired) electrons. The minimum absolute atomic E-state index is 0.0445. The molecule has 1 fully saturated rings. The predicted molar refractivity (Wildman–Crippen MR) is 119 cm³/mol. The number of ether oxygens (including phenoxy) is 1. The monoisotopic (exact) mass is 457 g/mol. The number of nitrogens with one attached hydrogen (secondary N) is 1. The molecule has 0 bridgehead atoms. The van der Waals surface area contributed by atoms with E-state index in [0.29, 0.717) is 18.7 Å². The minimum atomic E-state index is -3.73. The van der Waals surface area contributed by atoms with E-state index in [1.54, 1.807) is 23.1 Å². The van der Waals surface area contributed by atoms with Crippen LogP contribution in [-0.2, 0) is 21.3 Å². The van der Waals surface area contributed by atoms with Crippen molar-refractivity contribution >= 4 is 21.8 Å². The van der Waals surface area contributed by atoms with Crippen molar-refractivity contribution < 1.29 is 22.7 Å². The number of hydrogen-bond acceptors (Lipinski definition) is 5. The molecule has 2 aromatic rings. The number of carbonyl (C=O) groups is 2. The molecule has 2 aliphatic rings. The van der Waals surface area contributed by atoms with Gasteiger partial charge in [0.05, 0.1) is 17.1 Å². The van der Waals surface area contributed by atoms with Crippen molar-refractivity contribution in [1.29, 1.82) is 0 Å². The first-order chi connectivity index (χ1) is 15.3. The standard InChI is InChI=1S/C23H27N3O5S/c1-16-13-26(14-17(2)31-16)32(29,30)20-8-5-7-18(12-20)22(27)24-10-11-25-15-19-6-3-4-9-21(19)23(25)28/h3-9,12,16-17H,10-11,13-15H2,1-2H3,(H,24,27). The second-order valence-electron chi connectivity index (χ2n) is 8.25. The largest absolute Gasteiger partial charge is 0.373 e. The van der Waals surface area contributed by atoms with Crippen LogP contribution in [0.5, 0.6) is 0 Å². The normalized spacial score (nSPS) is 21.4. The molecule has 2 aliphatic heterocycles. The van der Waals surface area contributed by atoms with E-state index in [0.717, 1.165) is 5.56 Å². The maximum absolute atomic E-state index is 13.1. The number of benzene rings is 2. The van der Waals surface area contributed by atoms with Gasteiger partial charge in [-0.3, -0.25) is 9.59 Å². The third-order valence-corrected chi connectivity index (χ3v) is 7.51. The van der Waals surface area contributed by atoms with E-state index in [2.05, 4.69) is 5.32 Å². The summed E-state index contributed by atoms with van der Waals surface area (Å²) < 4.78 is 33.2. The zero-order valence-corrected chi connectivity index (χ0v) is 19.0. The summed E-state index contributed by atoms with van der Waals surface area (Å²) in [6, 6.07) is 13.5. The van der Waals surface area contributed by atoms with Crippen molar-refractivity contribution in [3.8, 4) is 0 Å². The Hall–Kier alpha value is -2.75. The van der Waals surface area contributed by atoms with Crippen LogP contribution in [0.3, 0.4) is 0 Å². The average molecular weight is 458 g/mol. The second-order valence-corrected chi connectivity index (χ2v) is 10.2. The van der Waals surface area contributed by atoms with Gasteiger partial charge in [-0.15, -0.1) is 0 Å². The zero-order chi connectivity index (χ0) is 22.9. The van der Waals surface area contributed by atoms with Gasteiger partial charge in [-0.2, -0.15) is 4.31 Å². The summed E-state index contributed by atoms with van der Waals surface area (Å²) in [5.74, 6) is -0.424. The number of carbonyl (C=O) groups excluding carboxylic acids is 2. The summed E-state index contributed by atoms with van der Waals surface area (Å²) in [6.07, 6.45) is -0.390. The van der Waals surface area contributed by atoms with E-state index in [4.69, 9.17) is 4.74 Å². The van der Waals surface area contributed by atoms with Gasteiger partial charge in [0.1, 0.15) is 0 Å². The topological polar surface area (TPSA) is 96.0 Å². The van der Waals surface area contributed by atoms with Crippen LogP contribution in [0.4, 0.5) is 0 Å². The van der Waals surface area contributed by atoms with Crippen LogP contribution in [0.15, 0.2) is 53.4 Å². The molecular formula is C23H27N3O5S. The molecule has 1 N–H and O–H groups in total. The molecule has 32 heavy (non-hydrogen) atoms. The lowest BCUT2D eigenvalue weighted by Gasteiger charge is -2.34. The highest BCUT2D eigenvalue weighted by molar-refractivity contribution is 7.89. The average Bonchev–Trinajstić information content (AvgIpc) is 3.09. The van der Waals surface area contributed by atoms with Crippen LogP contribution in [0.2, 0.25) is 0 Å². The molecule has 0 spiro atoms.